The second-order valence-corrected chi connectivity index (χ2v) is 4.96. The van der Waals surface area contributed by atoms with Gasteiger partial charge in [0, 0.05) is 6.20 Å². The van der Waals surface area contributed by atoms with E-state index in [1.807, 2.05) is 0 Å². The van der Waals surface area contributed by atoms with Gasteiger partial charge in [-0.2, -0.15) is 0 Å². The zero-order valence-electron chi connectivity index (χ0n) is 11.0. The molecule has 0 aromatic carbocycles. The minimum Gasteiger partial charge on any atom is -0.478 e. The molecule has 20 heavy (non-hydrogen) atoms. The fraction of sp³-hybridized carbons (Fsp3) is 0.333. The van der Waals surface area contributed by atoms with Crippen molar-refractivity contribution >= 4 is 29.3 Å². The average Bonchev–Trinajstić information content (AvgIpc) is 2.34. The molecule has 2 heterocycles. The predicted molar refractivity (Wildman–Crippen MR) is 70.2 cm³/mol. The van der Waals surface area contributed by atoms with E-state index in [0.29, 0.717) is 0 Å². The van der Waals surface area contributed by atoms with E-state index >= 15 is 0 Å². The Bertz CT molecular complexity index is 611. The Morgan fingerprint density at radius 3 is 2.70 bits per heavy atom. The molecular formula is C12H14N4O4. The number of nitrogens with zero attached hydrogens (tertiary/aromatic N) is 2. The van der Waals surface area contributed by atoms with Gasteiger partial charge in [0.2, 0.25) is 5.91 Å². The summed E-state index contributed by atoms with van der Waals surface area (Å²) in [6, 6.07) is 1.25. The molecule has 0 unspecified atom stereocenters. The van der Waals surface area contributed by atoms with Crippen molar-refractivity contribution in [3.8, 4) is 0 Å². The molecule has 1 fully saturated rings. The fourth-order valence-electron chi connectivity index (χ4n) is 1.94. The highest BCUT2D eigenvalue weighted by molar-refractivity contribution is 6.07. The third-order valence-corrected chi connectivity index (χ3v) is 3.18. The smallest absolute Gasteiger partial charge is 0.337 e. The zero-order valence-corrected chi connectivity index (χ0v) is 11.0. The Balaban J connectivity index is 2.46. The van der Waals surface area contributed by atoms with Crippen LogP contribution in [0.15, 0.2) is 12.3 Å². The van der Waals surface area contributed by atoms with Crippen molar-refractivity contribution < 1.29 is 19.5 Å². The van der Waals surface area contributed by atoms with Gasteiger partial charge in [0.1, 0.15) is 5.54 Å². The SMILES string of the molecule is CC1(C)C(=O)NC(=O)CN1c1ncc(C(=O)O)cc1N. The summed E-state index contributed by atoms with van der Waals surface area (Å²) >= 11 is 0. The summed E-state index contributed by atoms with van der Waals surface area (Å²) in [4.78, 5) is 39.6. The summed E-state index contributed by atoms with van der Waals surface area (Å²) in [5.41, 5.74) is 4.82. The molecule has 0 spiro atoms. The minimum absolute atomic E-state index is 0.0585. The summed E-state index contributed by atoms with van der Waals surface area (Å²) in [7, 11) is 0. The highest BCUT2D eigenvalue weighted by Gasteiger charge is 2.42. The molecule has 0 aliphatic carbocycles. The molecule has 1 aromatic heterocycles. The van der Waals surface area contributed by atoms with Gasteiger partial charge in [-0.05, 0) is 19.9 Å². The van der Waals surface area contributed by atoms with Crippen LogP contribution in [0.2, 0.25) is 0 Å². The van der Waals surface area contributed by atoms with Gasteiger partial charge in [-0.25, -0.2) is 9.78 Å². The largest absolute Gasteiger partial charge is 0.478 e. The van der Waals surface area contributed by atoms with Crippen LogP contribution in [-0.2, 0) is 9.59 Å². The summed E-state index contributed by atoms with van der Waals surface area (Å²) in [5.74, 6) is -1.86. The van der Waals surface area contributed by atoms with Gasteiger partial charge in [0.25, 0.3) is 5.91 Å². The molecule has 0 radical (unpaired) electrons. The maximum atomic E-state index is 11.9. The average molecular weight is 278 g/mol. The number of imide groups is 1. The van der Waals surface area contributed by atoms with E-state index in [1.54, 1.807) is 13.8 Å². The Morgan fingerprint density at radius 2 is 2.15 bits per heavy atom. The van der Waals surface area contributed by atoms with E-state index in [-0.39, 0.29) is 23.6 Å². The summed E-state index contributed by atoms with van der Waals surface area (Å²) in [5, 5.41) is 11.1. The minimum atomic E-state index is -1.15. The highest BCUT2D eigenvalue weighted by atomic mass is 16.4. The second-order valence-electron chi connectivity index (χ2n) is 4.96. The zero-order chi connectivity index (χ0) is 15.1. The van der Waals surface area contributed by atoms with Gasteiger partial charge in [0.15, 0.2) is 5.82 Å². The number of piperazine rings is 1. The number of carboxylic acids is 1. The van der Waals surface area contributed by atoms with Crippen LogP contribution in [0, 0.1) is 0 Å². The van der Waals surface area contributed by atoms with E-state index in [4.69, 9.17) is 10.8 Å². The van der Waals surface area contributed by atoms with Crippen LogP contribution in [0.1, 0.15) is 24.2 Å². The number of nitrogens with one attached hydrogen (secondary N) is 1. The number of nitrogens with two attached hydrogens (primary N) is 1. The van der Waals surface area contributed by atoms with Gasteiger partial charge in [0.05, 0.1) is 17.8 Å². The summed E-state index contributed by atoms with van der Waals surface area (Å²) < 4.78 is 0. The van der Waals surface area contributed by atoms with Gasteiger partial charge in [-0.1, -0.05) is 0 Å². The highest BCUT2D eigenvalue weighted by Crippen LogP contribution is 2.29. The number of carbonyl (C=O) groups excluding carboxylic acids is 2. The molecule has 2 amide bonds. The number of carboxylic acid groups (broad SMARTS) is 1. The van der Waals surface area contributed by atoms with Crippen LogP contribution in [0.4, 0.5) is 11.5 Å². The predicted octanol–water partition coefficient (Wildman–Crippen LogP) is -0.397. The van der Waals surface area contributed by atoms with Crippen LogP contribution < -0.4 is 16.0 Å². The lowest BCUT2D eigenvalue weighted by atomic mass is 9.98. The molecule has 4 N–H and O–H groups in total. The van der Waals surface area contributed by atoms with E-state index in [1.165, 1.54) is 11.0 Å². The number of pyridine rings is 1. The van der Waals surface area contributed by atoms with Gasteiger partial charge >= 0.3 is 5.97 Å². The number of hydrogen-bond acceptors (Lipinski definition) is 6. The van der Waals surface area contributed by atoms with Crippen molar-refractivity contribution in [1.29, 1.82) is 0 Å². The number of rotatable bonds is 2. The van der Waals surface area contributed by atoms with Gasteiger partial charge < -0.3 is 15.7 Å². The fourth-order valence-corrected chi connectivity index (χ4v) is 1.94. The van der Waals surface area contributed by atoms with Gasteiger partial charge in [-0.15, -0.1) is 0 Å². The lowest BCUT2D eigenvalue weighted by Gasteiger charge is -2.41. The molecule has 2 rings (SSSR count). The standard InChI is InChI=1S/C12H14N4O4/c1-12(2)11(20)15-8(17)5-16(12)9-7(13)3-6(4-14-9)10(18)19/h3-4H,5,13H2,1-2H3,(H,18,19)(H,15,17,20). The first-order valence-corrected chi connectivity index (χ1v) is 5.84. The number of amides is 2. The Hall–Kier alpha value is -2.64. The Morgan fingerprint density at radius 1 is 1.50 bits per heavy atom. The third-order valence-electron chi connectivity index (χ3n) is 3.18. The van der Waals surface area contributed by atoms with Crippen molar-refractivity contribution in [2.45, 2.75) is 19.4 Å². The van der Waals surface area contributed by atoms with Crippen LogP contribution in [0.5, 0.6) is 0 Å². The topological polar surface area (TPSA) is 126 Å². The number of aromatic nitrogens is 1. The molecule has 1 aliphatic heterocycles. The molecule has 8 nitrogen and oxygen atoms in total. The van der Waals surface area contributed by atoms with Crippen LogP contribution >= 0.6 is 0 Å². The van der Waals surface area contributed by atoms with Crippen molar-refractivity contribution in [2.75, 3.05) is 17.2 Å². The molecule has 1 aliphatic rings. The molecular weight excluding hydrogens is 264 g/mol. The van der Waals surface area contributed by atoms with Crippen LogP contribution in [-0.4, -0.2) is 40.0 Å². The molecule has 8 heteroatoms. The lowest BCUT2D eigenvalue weighted by molar-refractivity contribution is -0.135. The second kappa shape index (κ2) is 4.48. The summed E-state index contributed by atoms with van der Waals surface area (Å²) in [6.45, 7) is 3.17. The number of anilines is 2. The van der Waals surface area contributed by atoms with E-state index in [2.05, 4.69) is 10.3 Å². The monoisotopic (exact) mass is 278 g/mol. The van der Waals surface area contributed by atoms with Crippen molar-refractivity contribution in [1.82, 2.24) is 10.3 Å². The number of aromatic carboxylic acids is 1. The normalized spacial score (nSPS) is 17.8. The van der Waals surface area contributed by atoms with Crippen molar-refractivity contribution in [3.05, 3.63) is 17.8 Å². The summed E-state index contributed by atoms with van der Waals surface area (Å²) in [6.07, 6.45) is 1.14. The molecule has 1 aromatic rings. The molecule has 0 bridgehead atoms. The van der Waals surface area contributed by atoms with Crippen molar-refractivity contribution in [3.63, 3.8) is 0 Å². The first-order valence-electron chi connectivity index (χ1n) is 5.84. The van der Waals surface area contributed by atoms with Crippen LogP contribution in [0.3, 0.4) is 0 Å². The molecule has 106 valence electrons. The molecule has 0 atom stereocenters. The lowest BCUT2D eigenvalue weighted by Crippen LogP contribution is -2.64. The maximum absolute atomic E-state index is 11.9. The Labute approximate surface area is 114 Å². The third kappa shape index (κ3) is 2.15. The Kier molecular flexibility index (Phi) is 3.09. The van der Waals surface area contributed by atoms with E-state index in [0.717, 1.165) is 6.20 Å². The number of carbonyl (C=O) groups is 3. The first-order chi connectivity index (χ1) is 9.23. The molecule has 1 saturated heterocycles. The first kappa shape index (κ1) is 13.8. The van der Waals surface area contributed by atoms with E-state index in [9.17, 15) is 14.4 Å². The van der Waals surface area contributed by atoms with Gasteiger partial charge in [-0.3, -0.25) is 14.9 Å². The number of nitrogen functional groups attached to an aromatic ring is 1. The maximum Gasteiger partial charge on any atom is 0.337 e. The quantitative estimate of drug-likeness (QED) is 0.628. The van der Waals surface area contributed by atoms with Crippen LogP contribution in [0.25, 0.3) is 0 Å². The number of hydrogen-bond donors (Lipinski definition) is 3. The van der Waals surface area contributed by atoms with Crippen molar-refractivity contribution in [2.24, 2.45) is 0 Å². The molecule has 0 saturated carbocycles. The van der Waals surface area contributed by atoms with E-state index < -0.39 is 23.3 Å².